The van der Waals surface area contributed by atoms with Gasteiger partial charge in [-0.05, 0) is 79.6 Å². The van der Waals surface area contributed by atoms with Gasteiger partial charge in [-0.25, -0.2) is 4.68 Å². The van der Waals surface area contributed by atoms with Gasteiger partial charge in [-0.2, -0.15) is 5.10 Å². The Hall–Kier alpha value is -3.70. The average molecular weight is 483 g/mol. The van der Waals surface area contributed by atoms with Crippen molar-refractivity contribution in [2.45, 2.75) is 38.6 Å². The molecule has 5 rings (SSSR count). The van der Waals surface area contributed by atoms with E-state index in [2.05, 4.69) is 16.4 Å². The van der Waals surface area contributed by atoms with Crippen LogP contribution in [0.2, 0.25) is 5.02 Å². The van der Waals surface area contributed by atoms with Crippen molar-refractivity contribution in [3.8, 4) is 5.69 Å². The van der Waals surface area contributed by atoms with Crippen molar-refractivity contribution in [1.82, 2.24) is 20.1 Å². The van der Waals surface area contributed by atoms with E-state index in [1.165, 1.54) is 5.57 Å². The smallest absolute Gasteiger partial charge is 0.272 e. The van der Waals surface area contributed by atoms with Crippen LogP contribution < -0.4 is 5.32 Å². The number of amides is 1. The lowest BCUT2D eigenvalue weighted by atomic mass is 10.0. The van der Waals surface area contributed by atoms with Crippen LogP contribution in [0.4, 0.5) is 0 Å². The van der Waals surface area contributed by atoms with Gasteiger partial charge in [0.1, 0.15) is 0 Å². The number of aromatic nitrogens is 3. The van der Waals surface area contributed by atoms with Crippen LogP contribution in [0.15, 0.2) is 79.1 Å². The first kappa shape index (κ1) is 23.1. The number of rotatable bonds is 5. The fraction of sp³-hybridized carbons (Fsp3) is 0.207. The highest BCUT2D eigenvalue weighted by molar-refractivity contribution is 6.30. The van der Waals surface area contributed by atoms with E-state index in [4.69, 9.17) is 16.7 Å². The molecule has 1 amide bonds. The highest BCUT2D eigenvalue weighted by Crippen LogP contribution is 2.35. The van der Waals surface area contributed by atoms with Crippen LogP contribution in [0, 0.1) is 0 Å². The summed E-state index contributed by atoms with van der Waals surface area (Å²) in [5.74, 6) is -0.154. The van der Waals surface area contributed by atoms with Gasteiger partial charge in [0.25, 0.3) is 5.91 Å². The molecule has 0 unspecified atom stereocenters. The number of hydrogen-bond acceptors (Lipinski definition) is 3. The van der Waals surface area contributed by atoms with Gasteiger partial charge in [0.15, 0.2) is 5.69 Å². The SMILES string of the molecule is C[C@@H](NC(=O)c1nn(-c2ccncc2)c2c1CCCCC2=Cc1ccc(Cl)cc1)c1ccccc1. The van der Waals surface area contributed by atoms with E-state index in [-0.39, 0.29) is 11.9 Å². The Labute approximate surface area is 210 Å². The molecule has 35 heavy (non-hydrogen) atoms. The minimum Gasteiger partial charge on any atom is -0.344 e. The molecule has 0 radical (unpaired) electrons. The first-order valence-electron chi connectivity index (χ1n) is 11.9. The van der Waals surface area contributed by atoms with E-state index >= 15 is 0 Å². The van der Waals surface area contributed by atoms with E-state index in [9.17, 15) is 4.79 Å². The molecule has 0 saturated carbocycles. The van der Waals surface area contributed by atoms with Gasteiger partial charge >= 0.3 is 0 Å². The summed E-state index contributed by atoms with van der Waals surface area (Å²) < 4.78 is 1.91. The molecule has 0 bridgehead atoms. The minimum atomic E-state index is -0.154. The maximum atomic E-state index is 13.5. The standard InChI is InChI=1S/C29H27ClN4O/c1-20(22-7-3-2-4-8-22)32-29(35)27-26-10-6-5-9-23(19-21-11-13-24(30)14-12-21)28(26)34(33-27)25-15-17-31-18-16-25/h2-4,7-8,11-20H,5-6,9-10H2,1H3,(H,32,35)/t20-/m1/s1. The van der Waals surface area contributed by atoms with Gasteiger partial charge in [0, 0.05) is 23.0 Å². The van der Waals surface area contributed by atoms with Crippen LogP contribution >= 0.6 is 11.6 Å². The van der Waals surface area contributed by atoms with Crippen molar-refractivity contribution < 1.29 is 4.79 Å². The summed E-state index contributed by atoms with van der Waals surface area (Å²) >= 11 is 6.11. The molecule has 1 aliphatic carbocycles. The topological polar surface area (TPSA) is 59.8 Å². The molecule has 0 aliphatic heterocycles. The molecule has 2 aromatic heterocycles. The lowest BCUT2D eigenvalue weighted by molar-refractivity contribution is 0.0933. The van der Waals surface area contributed by atoms with Gasteiger partial charge in [0.05, 0.1) is 17.4 Å². The van der Waals surface area contributed by atoms with Gasteiger partial charge in [-0.3, -0.25) is 9.78 Å². The van der Waals surface area contributed by atoms with Gasteiger partial charge < -0.3 is 5.32 Å². The van der Waals surface area contributed by atoms with Gasteiger partial charge in [0.2, 0.25) is 0 Å². The van der Waals surface area contributed by atoms with E-state index in [1.54, 1.807) is 12.4 Å². The molecule has 6 heteroatoms. The lowest BCUT2D eigenvalue weighted by Gasteiger charge is -2.14. The minimum absolute atomic E-state index is 0.125. The van der Waals surface area contributed by atoms with Crippen molar-refractivity contribution >= 4 is 29.2 Å². The number of allylic oxidation sites excluding steroid dienone is 1. The van der Waals surface area contributed by atoms with Crippen LogP contribution in [0.25, 0.3) is 17.3 Å². The van der Waals surface area contributed by atoms with Gasteiger partial charge in [-0.1, -0.05) is 54.1 Å². The second kappa shape index (κ2) is 10.3. The zero-order chi connectivity index (χ0) is 24.2. The van der Waals surface area contributed by atoms with Crippen LogP contribution in [0.3, 0.4) is 0 Å². The number of fused-ring (bicyclic) bond motifs is 1. The van der Waals surface area contributed by atoms with Crippen molar-refractivity contribution in [1.29, 1.82) is 0 Å². The number of pyridine rings is 1. The fourth-order valence-corrected chi connectivity index (χ4v) is 4.72. The Kier molecular flexibility index (Phi) is 6.77. The lowest BCUT2D eigenvalue weighted by Crippen LogP contribution is -2.28. The molecule has 1 atom stereocenters. The Morgan fingerprint density at radius 3 is 2.46 bits per heavy atom. The predicted octanol–water partition coefficient (Wildman–Crippen LogP) is 6.68. The number of hydrogen-bond donors (Lipinski definition) is 1. The Morgan fingerprint density at radius 1 is 1.00 bits per heavy atom. The Bertz CT molecular complexity index is 1340. The molecule has 5 nitrogen and oxygen atoms in total. The molecular formula is C29H27ClN4O. The maximum Gasteiger partial charge on any atom is 0.272 e. The second-order valence-corrected chi connectivity index (χ2v) is 9.26. The van der Waals surface area contributed by atoms with E-state index in [0.29, 0.717) is 10.7 Å². The van der Waals surface area contributed by atoms with E-state index in [0.717, 1.165) is 53.8 Å². The van der Waals surface area contributed by atoms with Crippen LogP contribution in [0.1, 0.15) is 65.1 Å². The van der Waals surface area contributed by atoms with Crippen LogP contribution in [-0.2, 0) is 6.42 Å². The molecule has 4 aromatic rings. The number of carbonyl (C=O) groups is 1. The maximum absolute atomic E-state index is 13.5. The molecule has 0 spiro atoms. The van der Waals surface area contributed by atoms with E-state index in [1.807, 2.05) is 78.3 Å². The van der Waals surface area contributed by atoms with Crippen molar-refractivity contribution in [3.63, 3.8) is 0 Å². The van der Waals surface area contributed by atoms with Crippen molar-refractivity contribution in [3.05, 3.63) is 112 Å². The predicted molar refractivity (Wildman–Crippen MR) is 141 cm³/mol. The zero-order valence-corrected chi connectivity index (χ0v) is 20.4. The number of carbonyl (C=O) groups excluding carboxylic acids is 1. The molecule has 2 heterocycles. The zero-order valence-electron chi connectivity index (χ0n) is 19.6. The third-order valence-corrected chi connectivity index (χ3v) is 6.64. The first-order chi connectivity index (χ1) is 17.1. The summed E-state index contributed by atoms with van der Waals surface area (Å²) in [7, 11) is 0. The summed E-state index contributed by atoms with van der Waals surface area (Å²) in [6, 6.07) is 21.5. The first-order valence-corrected chi connectivity index (χ1v) is 12.3. The molecule has 1 aliphatic rings. The third kappa shape index (κ3) is 5.05. The Morgan fingerprint density at radius 2 is 1.71 bits per heavy atom. The number of nitrogens with zero attached hydrogens (tertiary/aromatic N) is 3. The summed E-state index contributed by atoms with van der Waals surface area (Å²) in [6.07, 6.45) is 9.45. The summed E-state index contributed by atoms with van der Waals surface area (Å²) in [5.41, 5.74) is 6.67. The second-order valence-electron chi connectivity index (χ2n) is 8.83. The monoisotopic (exact) mass is 482 g/mol. The molecule has 2 aromatic carbocycles. The number of benzene rings is 2. The summed E-state index contributed by atoms with van der Waals surface area (Å²) in [6.45, 7) is 2.00. The largest absolute Gasteiger partial charge is 0.344 e. The number of nitrogens with one attached hydrogen (secondary N) is 1. The molecular weight excluding hydrogens is 456 g/mol. The molecule has 0 saturated heterocycles. The Balaban J connectivity index is 1.60. The summed E-state index contributed by atoms with van der Waals surface area (Å²) in [4.78, 5) is 17.7. The fourth-order valence-electron chi connectivity index (χ4n) is 4.60. The van der Waals surface area contributed by atoms with E-state index < -0.39 is 0 Å². The molecule has 1 N–H and O–H groups in total. The molecule has 0 fully saturated rings. The molecule has 176 valence electrons. The third-order valence-electron chi connectivity index (χ3n) is 6.39. The highest BCUT2D eigenvalue weighted by atomic mass is 35.5. The van der Waals surface area contributed by atoms with Crippen molar-refractivity contribution in [2.24, 2.45) is 0 Å². The van der Waals surface area contributed by atoms with Crippen LogP contribution in [0.5, 0.6) is 0 Å². The average Bonchev–Trinajstić information content (AvgIpc) is 3.16. The van der Waals surface area contributed by atoms with Crippen molar-refractivity contribution in [2.75, 3.05) is 0 Å². The summed E-state index contributed by atoms with van der Waals surface area (Å²) in [5, 5.41) is 8.74. The number of halogens is 1. The quantitative estimate of drug-likeness (QED) is 0.323. The highest BCUT2D eigenvalue weighted by Gasteiger charge is 2.28. The van der Waals surface area contributed by atoms with Gasteiger partial charge in [-0.15, -0.1) is 0 Å². The normalized spacial score (nSPS) is 15.3. The van der Waals surface area contributed by atoms with Crippen LogP contribution in [-0.4, -0.2) is 20.7 Å².